The Labute approximate surface area is 374 Å². The standard InChI is InChI=1S/C47H64FN9O5S/c1-8-31-32-21-35(48)33-22-39(32)56(43(31)34-20-30(24-50-41(34)28(2)61-7)55-18-16-54(6)17-19-55)26-47(3,4)27-62-46(60)36-14-11-15-57(53-36)45(59)37(23-40-51-38(33)25-63-40)52-44(58)42(49-5)29-12-9-10-13-29/h20-22,24-25,28-29,36-37,42,49,53H,8-19,23,26-27H2,1-7H3,(H,52,58)/t28-,36-,37-,42-/m0/s1. The molecule has 8 rings (SSSR count). The molecule has 2 amide bonds. The van der Waals surface area contributed by atoms with Gasteiger partial charge in [-0.1, -0.05) is 33.6 Å². The molecule has 3 N–H and O–H groups in total. The van der Waals surface area contributed by atoms with Crippen molar-refractivity contribution in [3.63, 3.8) is 0 Å². The first-order chi connectivity index (χ1) is 30.3. The molecule has 6 heterocycles. The number of methoxy groups -OCH3 is 1. The van der Waals surface area contributed by atoms with E-state index in [9.17, 15) is 14.4 Å². The average Bonchev–Trinajstić information content (AvgIpc) is 4.05. The van der Waals surface area contributed by atoms with Gasteiger partial charge in [0, 0.05) is 85.6 Å². The van der Waals surface area contributed by atoms with E-state index in [0.29, 0.717) is 48.6 Å². The first-order valence-corrected chi connectivity index (χ1v) is 23.6. The Hall–Kier alpha value is -4.48. The first kappa shape index (κ1) is 45.1. The molecule has 4 atom stereocenters. The Morgan fingerprint density at radius 1 is 1.08 bits per heavy atom. The Morgan fingerprint density at radius 2 is 1.84 bits per heavy atom. The predicted molar refractivity (Wildman–Crippen MR) is 244 cm³/mol. The number of likely N-dealkylation sites (N-methyl/N-ethyl adjacent to an activating group) is 2. The Morgan fingerprint density at radius 3 is 2.56 bits per heavy atom. The van der Waals surface area contributed by atoms with Crippen molar-refractivity contribution in [1.82, 2.24) is 40.5 Å². The molecule has 4 aliphatic rings. The minimum atomic E-state index is -0.980. The first-order valence-electron chi connectivity index (χ1n) is 22.8. The quantitative estimate of drug-likeness (QED) is 0.174. The number of pyridine rings is 1. The fourth-order valence-corrected chi connectivity index (χ4v) is 10.8. The summed E-state index contributed by atoms with van der Waals surface area (Å²) in [6.45, 7) is 12.7. The topological polar surface area (TPSA) is 146 Å². The molecule has 2 saturated heterocycles. The zero-order valence-electron chi connectivity index (χ0n) is 37.9. The predicted octanol–water partition coefficient (Wildman–Crippen LogP) is 5.87. The minimum absolute atomic E-state index is 0.0915. The van der Waals surface area contributed by atoms with E-state index >= 15 is 4.39 Å². The van der Waals surface area contributed by atoms with Crippen LogP contribution in [-0.4, -0.2) is 121 Å². The Balaban J connectivity index is 1.26. The molecule has 1 saturated carbocycles. The molecule has 3 aromatic heterocycles. The van der Waals surface area contributed by atoms with E-state index in [1.165, 1.54) is 16.3 Å². The molecular formula is C47H64FN9O5S. The number of ether oxygens (including phenoxy) is 2. The van der Waals surface area contributed by atoms with Crippen LogP contribution in [0.3, 0.4) is 0 Å². The van der Waals surface area contributed by atoms with E-state index < -0.39 is 35.3 Å². The summed E-state index contributed by atoms with van der Waals surface area (Å²) in [5.74, 6) is -1.29. The van der Waals surface area contributed by atoms with Gasteiger partial charge in [-0.25, -0.2) is 14.8 Å². The monoisotopic (exact) mass is 885 g/mol. The molecule has 6 bridgehead atoms. The summed E-state index contributed by atoms with van der Waals surface area (Å²) >= 11 is 1.33. The summed E-state index contributed by atoms with van der Waals surface area (Å²) in [6.07, 6.45) is 7.40. The lowest BCUT2D eigenvalue weighted by atomic mass is 9.93. The van der Waals surface area contributed by atoms with Gasteiger partial charge in [-0.15, -0.1) is 11.3 Å². The number of thiazole rings is 1. The van der Waals surface area contributed by atoms with Crippen molar-refractivity contribution in [2.24, 2.45) is 11.3 Å². The van der Waals surface area contributed by atoms with Crippen molar-refractivity contribution >= 4 is 45.7 Å². The molecule has 3 aliphatic heterocycles. The third-order valence-electron chi connectivity index (χ3n) is 13.6. The number of nitrogens with one attached hydrogen (secondary N) is 3. The number of aryl methyl sites for hydroxylation is 1. The molecular weight excluding hydrogens is 822 g/mol. The molecule has 340 valence electrons. The number of carbonyl (C=O) groups is 3. The molecule has 63 heavy (non-hydrogen) atoms. The number of benzene rings is 1. The van der Waals surface area contributed by atoms with Crippen LogP contribution in [0.25, 0.3) is 33.4 Å². The summed E-state index contributed by atoms with van der Waals surface area (Å²) in [4.78, 5) is 57.0. The van der Waals surface area contributed by atoms with Gasteiger partial charge in [0.15, 0.2) is 0 Å². The number of amides is 2. The fraction of sp³-hybridized carbons (Fsp3) is 0.596. The number of fused-ring (bicyclic) bond motifs is 6. The van der Waals surface area contributed by atoms with Gasteiger partial charge in [0.2, 0.25) is 5.91 Å². The van der Waals surface area contributed by atoms with Gasteiger partial charge in [0.05, 0.1) is 52.7 Å². The zero-order valence-corrected chi connectivity index (χ0v) is 38.7. The fourth-order valence-electron chi connectivity index (χ4n) is 9.97. The molecule has 0 spiro atoms. The Bertz CT molecular complexity index is 2320. The molecule has 1 aromatic carbocycles. The molecule has 4 aromatic rings. The van der Waals surface area contributed by atoms with Crippen molar-refractivity contribution < 1.29 is 28.2 Å². The summed E-state index contributed by atoms with van der Waals surface area (Å²) in [5.41, 5.74) is 8.80. The van der Waals surface area contributed by atoms with Crippen LogP contribution >= 0.6 is 11.3 Å². The highest BCUT2D eigenvalue weighted by atomic mass is 32.1. The molecule has 0 radical (unpaired) electrons. The number of esters is 1. The number of halogens is 1. The second-order valence-electron chi connectivity index (χ2n) is 18.7. The lowest BCUT2D eigenvalue weighted by Crippen LogP contribution is -2.61. The van der Waals surface area contributed by atoms with Crippen LogP contribution in [-0.2, 0) is 43.2 Å². The SMILES string of the molecule is CCc1c(-c2cc(N3CCN(C)CC3)cnc2[C@H](C)OC)n2c3cc(c(F)cc13)-c1csc(n1)C[C@H](NC(=O)[C@@H](NC)C1CCCC1)C(=O)N1CCC[C@H](N1)C(=O)OCC(C)(C)C2. The molecule has 16 heteroatoms. The number of piperazine rings is 1. The van der Waals surface area contributed by atoms with Crippen LogP contribution in [0.1, 0.15) is 88.6 Å². The highest BCUT2D eigenvalue weighted by Gasteiger charge is 2.38. The smallest absolute Gasteiger partial charge is 0.324 e. The van der Waals surface area contributed by atoms with Gasteiger partial charge < -0.3 is 34.5 Å². The van der Waals surface area contributed by atoms with Crippen molar-refractivity contribution in [3.05, 3.63) is 51.9 Å². The maximum Gasteiger partial charge on any atom is 0.324 e. The number of carbonyl (C=O) groups excluding carboxylic acids is 3. The lowest BCUT2D eigenvalue weighted by molar-refractivity contribution is -0.155. The summed E-state index contributed by atoms with van der Waals surface area (Å²) in [6, 6.07) is 3.55. The van der Waals surface area contributed by atoms with Gasteiger partial charge in [0.25, 0.3) is 5.91 Å². The van der Waals surface area contributed by atoms with Gasteiger partial charge in [0.1, 0.15) is 17.9 Å². The van der Waals surface area contributed by atoms with E-state index in [1.54, 1.807) is 20.2 Å². The number of rotatable bonds is 9. The maximum atomic E-state index is 16.8. The number of anilines is 1. The van der Waals surface area contributed by atoms with Crippen LogP contribution in [0.4, 0.5) is 10.1 Å². The van der Waals surface area contributed by atoms with Crippen LogP contribution in [0, 0.1) is 17.2 Å². The van der Waals surface area contributed by atoms with Gasteiger partial charge in [-0.2, -0.15) is 0 Å². The van der Waals surface area contributed by atoms with E-state index in [1.807, 2.05) is 24.6 Å². The van der Waals surface area contributed by atoms with Gasteiger partial charge >= 0.3 is 5.97 Å². The Kier molecular flexibility index (Phi) is 13.6. The number of hydrogen-bond acceptors (Lipinski definition) is 12. The van der Waals surface area contributed by atoms with E-state index in [-0.39, 0.29) is 36.9 Å². The summed E-state index contributed by atoms with van der Waals surface area (Å²) in [5, 5.41) is 10.9. The molecule has 1 aliphatic carbocycles. The highest BCUT2D eigenvalue weighted by molar-refractivity contribution is 7.10. The third-order valence-corrected chi connectivity index (χ3v) is 14.5. The molecule has 0 unspecified atom stereocenters. The van der Waals surface area contributed by atoms with Gasteiger partial charge in [-0.05, 0) is 82.8 Å². The number of nitrogens with zero attached hydrogens (tertiary/aromatic N) is 6. The van der Waals surface area contributed by atoms with Crippen LogP contribution in [0.15, 0.2) is 29.8 Å². The number of cyclic esters (lactones) is 1. The third kappa shape index (κ3) is 9.38. The zero-order chi connectivity index (χ0) is 44.6. The van der Waals surface area contributed by atoms with Crippen LogP contribution < -0.4 is 21.0 Å². The van der Waals surface area contributed by atoms with Crippen molar-refractivity contribution in [1.29, 1.82) is 0 Å². The van der Waals surface area contributed by atoms with E-state index in [4.69, 9.17) is 19.4 Å². The normalized spacial score (nSPS) is 22.5. The molecule has 3 fully saturated rings. The van der Waals surface area contributed by atoms with Crippen molar-refractivity contribution in [2.45, 2.75) is 110 Å². The minimum Gasteiger partial charge on any atom is -0.464 e. The van der Waals surface area contributed by atoms with E-state index in [2.05, 4.69) is 64.3 Å². The van der Waals surface area contributed by atoms with Crippen LogP contribution in [0.5, 0.6) is 0 Å². The van der Waals surface area contributed by atoms with E-state index in [0.717, 1.165) is 91.0 Å². The average molecular weight is 886 g/mol. The highest BCUT2D eigenvalue weighted by Crippen LogP contribution is 2.43. The second-order valence-corrected chi connectivity index (χ2v) is 19.6. The van der Waals surface area contributed by atoms with Crippen LogP contribution in [0.2, 0.25) is 0 Å². The molecule has 14 nitrogen and oxygen atoms in total. The summed E-state index contributed by atoms with van der Waals surface area (Å²) < 4.78 is 31.1. The summed E-state index contributed by atoms with van der Waals surface area (Å²) in [7, 11) is 5.60. The number of hydrogen-bond donors (Lipinski definition) is 3. The maximum absolute atomic E-state index is 16.8. The number of hydrazine groups is 1. The van der Waals surface area contributed by atoms with Crippen molar-refractivity contribution in [2.75, 3.05) is 65.4 Å². The largest absolute Gasteiger partial charge is 0.464 e. The van der Waals surface area contributed by atoms with Crippen molar-refractivity contribution in [3.8, 4) is 22.5 Å². The second kappa shape index (κ2) is 18.9. The van der Waals surface area contributed by atoms with Gasteiger partial charge in [-0.3, -0.25) is 24.4 Å². The number of aromatic nitrogens is 3. The lowest BCUT2D eigenvalue weighted by Gasteiger charge is -2.36.